The van der Waals surface area contributed by atoms with Crippen molar-refractivity contribution in [1.29, 1.82) is 0 Å². The second-order valence-corrected chi connectivity index (χ2v) is 8.66. The molecular weight excluding hydrogens is 424 g/mol. The molecule has 1 fully saturated rings. The molecule has 0 bridgehead atoms. The van der Waals surface area contributed by atoms with Crippen molar-refractivity contribution in [3.8, 4) is 11.5 Å². The molecule has 3 aromatic carbocycles. The number of carbonyl (C=O) groups excluding carboxylic acids is 1. The predicted octanol–water partition coefficient (Wildman–Crippen LogP) is 6.14. The minimum absolute atomic E-state index is 0.0767. The summed E-state index contributed by atoms with van der Waals surface area (Å²) in [7, 11) is 3.33. The molecule has 34 heavy (non-hydrogen) atoms. The van der Waals surface area contributed by atoms with E-state index in [0.717, 1.165) is 47.6 Å². The molecule has 5 heteroatoms. The van der Waals surface area contributed by atoms with Crippen LogP contribution in [0.4, 0.5) is 0 Å². The number of fused-ring (bicyclic) bond motifs is 1. The summed E-state index contributed by atoms with van der Waals surface area (Å²) in [5.41, 5.74) is 5.03. The van der Waals surface area contributed by atoms with Crippen molar-refractivity contribution in [2.75, 3.05) is 14.2 Å². The van der Waals surface area contributed by atoms with Gasteiger partial charge in [0.1, 0.15) is 11.5 Å². The highest BCUT2D eigenvalue weighted by atomic mass is 16.5. The second kappa shape index (κ2) is 9.56. The summed E-state index contributed by atoms with van der Waals surface area (Å²) in [4.78, 5) is 13.6. The van der Waals surface area contributed by atoms with Crippen LogP contribution in [0.2, 0.25) is 0 Å². The molecule has 0 aromatic heterocycles. The lowest BCUT2D eigenvalue weighted by Crippen LogP contribution is -2.31. The fourth-order valence-corrected chi connectivity index (χ4v) is 4.92. The average Bonchev–Trinajstić information content (AvgIpc) is 3.30. The molecule has 1 amide bonds. The first-order chi connectivity index (χ1) is 16.7. The van der Waals surface area contributed by atoms with Crippen LogP contribution in [0.25, 0.3) is 6.08 Å². The first kappa shape index (κ1) is 22.0. The Balaban J connectivity index is 1.55. The Kier molecular flexibility index (Phi) is 6.17. The zero-order chi connectivity index (χ0) is 23.5. The third kappa shape index (κ3) is 4.21. The number of hydrogen-bond acceptors (Lipinski definition) is 4. The summed E-state index contributed by atoms with van der Waals surface area (Å²) < 4.78 is 10.6. The zero-order valence-corrected chi connectivity index (χ0v) is 19.5. The average molecular weight is 453 g/mol. The number of hydrazone groups is 1. The lowest BCUT2D eigenvalue weighted by atomic mass is 9.77. The quantitative estimate of drug-likeness (QED) is 0.467. The molecule has 0 N–H and O–H groups in total. The van der Waals surface area contributed by atoms with Crippen LogP contribution in [0, 0.1) is 5.92 Å². The normalized spacial score (nSPS) is 20.6. The third-order valence-corrected chi connectivity index (χ3v) is 6.64. The van der Waals surface area contributed by atoms with Gasteiger partial charge in [0.15, 0.2) is 0 Å². The topological polar surface area (TPSA) is 51.1 Å². The number of hydrogen-bond donors (Lipinski definition) is 0. The highest BCUT2D eigenvalue weighted by Gasteiger charge is 2.43. The summed E-state index contributed by atoms with van der Waals surface area (Å²) in [6.45, 7) is 0. The van der Waals surface area contributed by atoms with Crippen molar-refractivity contribution in [1.82, 2.24) is 5.01 Å². The smallest absolute Gasteiger partial charge is 0.274 e. The van der Waals surface area contributed by atoms with E-state index in [1.807, 2.05) is 54.6 Å². The van der Waals surface area contributed by atoms with Crippen molar-refractivity contribution in [3.05, 3.63) is 101 Å². The zero-order valence-electron chi connectivity index (χ0n) is 19.5. The monoisotopic (exact) mass is 452 g/mol. The first-order valence-electron chi connectivity index (χ1n) is 11.6. The predicted molar refractivity (Wildman–Crippen MR) is 134 cm³/mol. The van der Waals surface area contributed by atoms with Crippen molar-refractivity contribution in [3.63, 3.8) is 0 Å². The van der Waals surface area contributed by atoms with E-state index in [-0.39, 0.29) is 17.9 Å². The van der Waals surface area contributed by atoms with Crippen LogP contribution in [0.1, 0.15) is 46.8 Å². The second-order valence-electron chi connectivity index (χ2n) is 8.66. The Labute approximate surface area is 200 Å². The maximum absolute atomic E-state index is 13.6. The molecular formula is C29H28N2O3. The number of allylic oxidation sites excluding steroid dienone is 1. The molecule has 0 radical (unpaired) electrons. The van der Waals surface area contributed by atoms with Crippen LogP contribution < -0.4 is 9.47 Å². The van der Waals surface area contributed by atoms with Crippen LogP contribution >= 0.6 is 0 Å². The van der Waals surface area contributed by atoms with Crippen molar-refractivity contribution in [2.45, 2.75) is 25.3 Å². The molecule has 1 aliphatic carbocycles. The van der Waals surface area contributed by atoms with E-state index in [9.17, 15) is 4.79 Å². The van der Waals surface area contributed by atoms with Gasteiger partial charge in [0.2, 0.25) is 0 Å². The van der Waals surface area contributed by atoms with Crippen molar-refractivity contribution in [2.24, 2.45) is 11.0 Å². The standard InChI is InChI=1S/C29H28N2O3/c1-33-24-15-11-20(12-16-24)19-23-9-6-10-26-27(23)30-31(29(32)22-7-4-3-5-8-22)28(26)21-13-17-25(34-2)18-14-21/h3-5,7-8,11-19,26,28H,6,9-10H2,1-2H3/b23-19+/t26-,28-/m1/s1. The Hall–Kier alpha value is -3.86. The van der Waals surface area contributed by atoms with Gasteiger partial charge in [0.05, 0.1) is 26.0 Å². The van der Waals surface area contributed by atoms with E-state index in [1.54, 1.807) is 19.2 Å². The minimum Gasteiger partial charge on any atom is -0.497 e. The molecule has 5 nitrogen and oxygen atoms in total. The van der Waals surface area contributed by atoms with Gasteiger partial charge in [-0.15, -0.1) is 0 Å². The summed E-state index contributed by atoms with van der Waals surface area (Å²) >= 11 is 0. The summed E-state index contributed by atoms with van der Waals surface area (Å²) in [5, 5.41) is 6.67. The third-order valence-electron chi connectivity index (χ3n) is 6.64. The Morgan fingerprint density at radius 2 is 1.56 bits per heavy atom. The van der Waals surface area contributed by atoms with E-state index in [4.69, 9.17) is 14.6 Å². The lowest BCUT2D eigenvalue weighted by Gasteiger charge is -2.29. The van der Waals surface area contributed by atoms with Gasteiger partial charge in [-0.25, -0.2) is 5.01 Å². The fourth-order valence-electron chi connectivity index (χ4n) is 4.92. The Bertz CT molecular complexity index is 1210. The fraction of sp³-hybridized carbons (Fsp3) is 0.241. The van der Waals surface area contributed by atoms with E-state index in [1.165, 1.54) is 5.57 Å². The SMILES string of the molecule is COc1ccc(/C=C2\CCC[C@@H]3C2=NN(C(=O)c2ccccc2)[C@@H]3c2ccc(OC)cc2)cc1. The molecule has 1 aliphatic heterocycles. The number of amides is 1. The molecule has 2 aliphatic rings. The van der Waals surface area contributed by atoms with E-state index >= 15 is 0 Å². The molecule has 5 rings (SSSR count). The summed E-state index contributed by atoms with van der Waals surface area (Å²) in [6, 6.07) is 25.3. The number of carbonyl (C=O) groups is 1. The van der Waals surface area contributed by atoms with Crippen LogP contribution in [0.5, 0.6) is 11.5 Å². The number of rotatable bonds is 5. The van der Waals surface area contributed by atoms with Gasteiger partial charge in [-0.1, -0.05) is 42.5 Å². The molecule has 172 valence electrons. The number of ether oxygens (including phenoxy) is 2. The maximum atomic E-state index is 13.6. The van der Waals surface area contributed by atoms with Gasteiger partial charge < -0.3 is 9.47 Å². The number of benzene rings is 3. The van der Waals surface area contributed by atoms with Gasteiger partial charge in [-0.3, -0.25) is 4.79 Å². The molecule has 0 spiro atoms. The van der Waals surface area contributed by atoms with Gasteiger partial charge in [0, 0.05) is 11.5 Å². The molecule has 0 saturated heterocycles. The van der Waals surface area contributed by atoms with E-state index in [2.05, 4.69) is 30.3 Å². The van der Waals surface area contributed by atoms with Crippen molar-refractivity contribution < 1.29 is 14.3 Å². The van der Waals surface area contributed by atoms with Gasteiger partial charge in [0.25, 0.3) is 5.91 Å². The van der Waals surface area contributed by atoms with Crippen LogP contribution in [0.15, 0.2) is 89.5 Å². The number of nitrogens with zero attached hydrogens (tertiary/aromatic N) is 2. The van der Waals surface area contributed by atoms with E-state index < -0.39 is 0 Å². The summed E-state index contributed by atoms with van der Waals surface area (Å²) in [5.74, 6) is 1.71. The van der Waals surface area contributed by atoms with Gasteiger partial charge >= 0.3 is 0 Å². The molecule has 3 aromatic rings. The molecule has 2 atom stereocenters. The molecule has 1 saturated carbocycles. The largest absolute Gasteiger partial charge is 0.497 e. The van der Waals surface area contributed by atoms with E-state index in [0.29, 0.717) is 5.56 Å². The highest BCUT2D eigenvalue weighted by molar-refractivity contribution is 6.09. The Morgan fingerprint density at radius 3 is 2.21 bits per heavy atom. The summed E-state index contributed by atoms with van der Waals surface area (Å²) in [6.07, 6.45) is 5.20. The minimum atomic E-state index is -0.145. The molecule has 1 heterocycles. The van der Waals surface area contributed by atoms with Crippen molar-refractivity contribution >= 4 is 17.7 Å². The Morgan fingerprint density at radius 1 is 0.912 bits per heavy atom. The molecule has 0 unspecified atom stereocenters. The van der Waals surface area contributed by atoms with Crippen LogP contribution in [-0.2, 0) is 0 Å². The highest BCUT2D eigenvalue weighted by Crippen LogP contribution is 2.45. The van der Waals surface area contributed by atoms with Crippen LogP contribution in [0.3, 0.4) is 0 Å². The van der Waals surface area contributed by atoms with Crippen LogP contribution in [-0.4, -0.2) is 30.8 Å². The maximum Gasteiger partial charge on any atom is 0.274 e. The van der Waals surface area contributed by atoms with Gasteiger partial charge in [-0.2, -0.15) is 5.10 Å². The first-order valence-corrected chi connectivity index (χ1v) is 11.6. The van der Waals surface area contributed by atoms with Gasteiger partial charge in [-0.05, 0) is 78.4 Å². The lowest BCUT2D eigenvalue weighted by molar-refractivity contribution is 0.0681. The number of methoxy groups -OCH3 is 2.